The van der Waals surface area contributed by atoms with Crippen LogP contribution in [0.1, 0.15) is 59.3 Å². The van der Waals surface area contributed by atoms with Crippen LogP contribution in [-0.2, 0) is 28.6 Å². The van der Waals surface area contributed by atoms with Crippen molar-refractivity contribution in [2.45, 2.75) is 65.4 Å². The van der Waals surface area contributed by atoms with E-state index in [2.05, 4.69) is 21.1 Å². The van der Waals surface area contributed by atoms with Crippen LogP contribution in [0.4, 0.5) is 0 Å². The molecule has 0 aromatic heterocycles. The van der Waals surface area contributed by atoms with E-state index in [1.165, 1.54) is 40.2 Å². The number of hydrogen-bond donors (Lipinski definition) is 1. The number of carbonyl (C=O) groups excluding carboxylic acids is 3. The molecular formula is C16H30O7. The number of methoxy groups -OCH3 is 1. The zero-order chi connectivity index (χ0) is 18.1. The topological polar surface area (TPSA) is 99.1 Å². The highest BCUT2D eigenvalue weighted by molar-refractivity contribution is 5.69. The van der Waals surface area contributed by atoms with Crippen LogP contribution in [0.3, 0.4) is 0 Å². The molecule has 23 heavy (non-hydrogen) atoms. The fourth-order valence-electron chi connectivity index (χ4n) is 1.54. The van der Waals surface area contributed by atoms with Gasteiger partial charge in [-0.05, 0) is 6.42 Å². The molecule has 0 amide bonds. The highest BCUT2D eigenvalue weighted by atomic mass is 16.6. The molecule has 0 aliphatic rings. The fraction of sp³-hybridized carbons (Fsp3) is 0.812. The van der Waals surface area contributed by atoms with Gasteiger partial charge in [-0.2, -0.15) is 0 Å². The van der Waals surface area contributed by atoms with Crippen LogP contribution in [0, 0.1) is 0 Å². The molecule has 0 aliphatic heterocycles. The van der Waals surface area contributed by atoms with Gasteiger partial charge in [0.2, 0.25) is 0 Å². The Bertz CT molecular complexity index is 328. The molecule has 0 aromatic rings. The molecule has 0 radical (unpaired) electrons. The van der Waals surface area contributed by atoms with Crippen LogP contribution >= 0.6 is 0 Å². The smallest absolute Gasteiger partial charge is 0.305 e. The molecule has 0 rings (SSSR count). The summed E-state index contributed by atoms with van der Waals surface area (Å²) in [6, 6.07) is 0. The number of unbranched alkanes of at least 4 members (excludes halogenated alkanes) is 4. The number of aliphatic hydroxyl groups excluding tert-OH is 1. The molecule has 0 bridgehead atoms. The van der Waals surface area contributed by atoms with Gasteiger partial charge in [0.25, 0.3) is 0 Å². The summed E-state index contributed by atoms with van der Waals surface area (Å²) < 4.78 is 13.6. The zero-order valence-electron chi connectivity index (χ0n) is 14.6. The van der Waals surface area contributed by atoms with Gasteiger partial charge in [-0.3, -0.25) is 14.4 Å². The summed E-state index contributed by atoms with van der Waals surface area (Å²) in [6.45, 7) is 4.18. The average Bonchev–Trinajstić information content (AvgIpc) is 2.51. The van der Waals surface area contributed by atoms with Gasteiger partial charge >= 0.3 is 17.9 Å². The van der Waals surface area contributed by atoms with Gasteiger partial charge in [0, 0.05) is 20.3 Å². The molecule has 0 spiro atoms. The second-order valence-corrected chi connectivity index (χ2v) is 4.96. The molecule has 0 fully saturated rings. The lowest BCUT2D eigenvalue weighted by molar-refractivity contribution is -0.158. The van der Waals surface area contributed by atoms with Crippen LogP contribution in [0.5, 0.6) is 0 Å². The van der Waals surface area contributed by atoms with Gasteiger partial charge in [-0.1, -0.05) is 32.6 Å². The average molecular weight is 334 g/mol. The summed E-state index contributed by atoms with van der Waals surface area (Å²) in [5.41, 5.74) is 0. The molecule has 0 saturated carbocycles. The summed E-state index contributed by atoms with van der Waals surface area (Å²) in [6.07, 6.45) is 5.73. The Balaban J connectivity index is 0. The molecular weight excluding hydrogens is 304 g/mol. The second-order valence-electron chi connectivity index (χ2n) is 4.96. The van der Waals surface area contributed by atoms with Crippen molar-refractivity contribution < 1.29 is 33.7 Å². The van der Waals surface area contributed by atoms with Crippen molar-refractivity contribution in [3.8, 4) is 0 Å². The van der Waals surface area contributed by atoms with E-state index in [4.69, 9.17) is 5.11 Å². The van der Waals surface area contributed by atoms with Crippen molar-refractivity contribution in [2.24, 2.45) is 0 Å². The van der Waals surface area contributed by atoms with Crippen LogP contribution in [0.25, 0.3) is 0 Å². The zero-order valence-corrected chi connectivity index (χ0v) is 14.6. The first-order valence-corrected chi connectivity index (χ1v) is 7.85. The lowest BCUT2D eigenvalue weighted by Crippen LogP contribution is -2.26. The minimum absolute atomic E-state index is 0.0819. The van der Waals surface area contributed by atoms with E-state index >= 15 is 0 Å². The third kappa shape index (κ3) is 20.4. The van der Waals surface area contributed by atoms with Gasteiger partial charge in [0.05, 0.1) is 13.7 Å². The number of aliphatic hydroxyl groups is 1. The van der Waals surface area contributed by atoms with Crippen molar-refractivity contribution in [3.63, 3.8) is 0 Å². The standard InChI is InChI=1S/C9H18O2.C7H12O5/c1-3-4-5-6-7-8-9(10)11-2;1-5(9)11-4-7(3-8)12-6(2)10/h3-8H2,1-2H3;7-8H,3-4H2,1-2H3. The predicted octanol–water partition coefficient (Wildman–Crippen LogP) is 1.99. The number of rotatable bonds is 10. The molecule has 0 heterocycles. The Morgan fingerprint density at radius 1 is 1.00 bits per heavy atom. The molecule has 1 atom stereocenters. The van der Waals surface area contributed by atoms with Gasteiger partial charge in [0.15, 0.2) is 6.10 Å². The fourth-order valence-corrected chi connectivity index (χ4v) is 1.54. The van der Waals surface area contributed by atoms with E-state index in [0.29, 0.717) is 6.42 Å². The highest BCUT2D eigenvalue weighted by Gasteiger charge is 2.11. The highest BCUT2D eigenvalue weighted by Crippen LogP contribution is 2.05. The van der Waals surface area contributed by atoms with Crippen LogP contribution in [-0.4, -0.2) is 49.4 Å². The molecule has 0 saturated heterocycles. The van der Waals surface area contributed by atoms with Crippen molar-refractivity contribution in [1.29, 1.82) is 0 Å². The number of hydrogen-bond acceptors (Lipinski definition) is 7. The molecule has 0 aliphatic carbocycles. The third-order valence-corrected chi connectivity index (χ3v) is 2.72. The van der Waals surface area contributed by atoms with E-state index in [1.54, 1.807) is 0 Å². The Morgan fingerprint density at radius 3 is 2.04 bits per heavy atom. The summed E-state index contributed by atoms with van der Waals surface area (Å²) in [7, 11) is 1.44. The van der Waals surface area contributed by atoms with E-state index in [0.717, 1.165) is 12.8 Å². The molecule has 7 heteroatoms. The minimum Gasteiger partial charge on any atom is -0.469 e. The lowest BCUT2D eigenvalue weighted by atomic mass is 10.1. The number of carbonyl (C=O) groups is 3. The van der Waals surface area contributed by atoms with Crippen LogP contribution < -0.4 is 0 Å². The molecule has 0 aromatic carbocycles. The van der Waals surface area contributed by atoms with Crippen molar-refractivity contribution in [1.82, 2.24) is 0 Å². The maximum Gasteiger partial charge on any atom is 0.305 e. The molecule has 1 N–H and O–H groups in total. The minimum atomic E-state index is -0.758. The lowest BCUT2D eigenvalue weighted by Gasteiger charge is -2.13. The maximum absolute atomic E-state index is 10.6. The van der Waals surface area contributed by atoms with E-state index < -0.39 is 18.0 Å². The Kier molecular flexibility index (Phi) is 17.2. The molecule has 136 valence electrons. The van der Waals surface area contributed by atoms with E-state index in [1.807, 2.05) is 0 Å². The molecule has 7 nitrogen and oxygen atoms in total. The number of esters is 3. The first-order valence-electron chi connectivity index (χ1n) is 7.85. The summed E-state index contributed by atoms with van der Waals surface area (Å²) in [4.78, 5) is 31.3. The summed E-state index contributed by atoms with van der Waals surface area (Å²) >= 11 is 0. The van der Waals surface area contributed by atoms with Crippen LogP contribution in [0.15, 0.2) is 0 Å². The Hall–Kier alpha value is -1.63. The first kappa shape index (κ1) is 23.6. The van der Waals surface area contributed by atoms with Crippen molar-refractivity contribution in [3.05, 3.63) is 0 Å². The van der Waals surface area contributed by atoms with Crippen molar-refractivity contribution >= 4 is 17.9 Å². The van der Waals surface area contributed by atoms with Gasteiger partial charge < -0.3 is 19.3 Å². The normalized spacial score (nSPS) is 10.8. The first-order chi connectivity index (χ1) is 10.9. The third-order valence-electron chi connectivity index (χ3n) is 2.72. The van der Waals surface area contributed by atoms with Gasteiger partial charge in [0.1, 0.15) is 6.61 Å². The van der Waals surface area contributed by atoms with Crippen molar-refractivity contribution in [2.75, 3.05) is 20.3 Å². The van der Waals surface area contributed by atoms with E-state index in [9.17, 15) is 14.4 Å². The Morgan fingerprint density at radius 2 is 1.61 bits per heavy atom. The van der Waals surface area contributed by atoms with E-state index in [-0.39, 0.29) is 19.2 Å². The quantitative estimate of drug-likeness (QED) is 0.370. The largest absolute Gasteiger partial charge is 0.469 e. The SMILES string of the molecule is CC(=O)OCC(CO)OC(C)=O.CCCCCCCC(=O)OC. The second kappa shape index (κ2) is 16.7. The van der Waals surface area contributed by atoms with Crippen LogP contribution in [0.2, 0.25) is 0 Å². The monoisotopic (exact) mass is 334 g/mol. The Labute approximate surface area is 138 Å². The van der Waals surface area contributed by atoms with Gasteiger partial charge in [-0.15, -0.1) is 0 Å². The summed E-state index contributed by atoms with van der Waals surface area (Å²) in [5, 5.41) is 8.62. The van der Waals surface area contributed by atoms with Gasteiger partial charge in [-0.25, -0.2) is 0 Å². The number of ether oxygens (including phenoxy) is 3. The summed E-state index contributed by atoms with van der Waals surface area (Å²) in [5.74, 6) is -1.07. The molecule has 1 unspecified atom stereocenters. The maximum atomic E-state index is 10.6. The predicted molar refractivity (Wildman–Crippen MR) is 84.7 cm³/mol.